The minimum absolute atomic E-state index is 0.0315. The third-order valence-electron chi connectivity index (χ3n) is 2.76. The van der Waals surface area contributed by atoms with Gasteiger partial charge in [-0.3, -0.25) is 20.4 Å². The van der Waals surface area contributed by atoms with Crippen LogP contribution in [0, 0.1) is 0 Å². The van der Waals surface area contributed by atoms with E-state index in [1.54, 1.807) is 12.1 Å². The molecule has 0 spiro atoms. The average Bonchev–Trinajstić information content (AvgIpc) is 2.52. The molecule has 2 aromatic rings. The first-order chi connectivity index (χ1) is 11.3. The minimum atomic E-state index is -4.81. The van der Waals surface area contributed by atoms with E-state index in [4.69, 9.17) is 11.6 Å². The summed E-state index contributed by atoms with van der Waals surface area (Å²) in [5, 5.41) is 0.206. The molecule has 0 saturated carbocycles. The average molecular weight is 359 g/mol. The van der Waals surface area contributed by atoms with Crippen molar-refractivity contribution in [2.24, 2.45) is 0 Å². The Hall–Kier alpha value is -2.74. The van der Waals surface area contributed by atoms with Crippen LogP contribution in [0.1, 0.15) is 20.7 Å². The van der Waals surface area contributed by atoms with E-state index in [9.17, 15) is 22.8 Å². The van der Waals surface area contributed by atoms with Gasteiger partial charge in [0.25, 0.3) is 11.8 Å². The molecule has 0 aliphatic rings. The van der Waals surface area contributed by atoms with Crippen LogP contribution >= 0.6 is 11.6 Å². The smallest absolute Gasteiger partial charge is 0.406 e. The van der Waals surface area contributed by atoms with Crippen molar-refractivity contribution in [3.05, 3.63) is 64.7 Å². The Morgan fingerprint density at radius 3 is 2.08 bits per heavy atom. The van der Waals surface area contributed by atoms with Gasteiger partial charge in [-0.25, -0.2) is 0 Å². The van der Waals surface area contributed by atoms with Crippen molar-refractivity contribution in [2.45, 2.75) is 6.36 Å². The van der Waals surface area contributed by atoms with Crippen LogP contribution in [0.25, 0.3) is 0 Å². The number of hydrazine groups is 1. The van der Waals surface area contributed by atoms with Crippen molar-refractivity contribution in [2.75, 3.05) is 0 Å². The fourth-order valence-corrected chi connectivity index (χ4v) is 1.93. The molecule has 126 valence electrons. The molecule has 0 aliphatic carbocycles. The zero-order valence-electron chi connectivity index (χ0n) is 11.9. The van der Waals surface area contributed by atoms with Crippen molar-refractivity contribution >= 4 is 23.4 Å². The van der Waals surface area contributed by atoms with E-state index in [1.807, 2.05) is 0 Å². The van der Waals surface area contributed by atoms with Gasteiger partial charge < -0.3 is 4.74 Å². The van der Waals surface area contributed by atoms with Crippen molar-refractivity contribution in [1.82, 2.24) is 10.9 Å². The molecule has 2 N–H and O–H groups in total. The van der Waals surface area contributed by atoms with Crippen LogP contribution in [0.15, 0.2) is 48.5 Å². The van der Waals surface area contributed by atoms with Gasteiger partial charge in [-0.1, -0.05) is 23.7 Å². The van der Waals surface area contributed by atoms with E-state index < -0.39 is 23.9 Å². The van der Waals surface area contributed by atoms with E-state index in [0.29, 0.717) is 0 Å². The highest BCUT2D eigenvalue weighted by Gasteiger charge is 2.31. The number of carbonyl (C=O) groups is 2. The summed E-state index contributed by atoms with van der Waals surface area (Å²) < 4.78 is 39.8. The van der Waals surface area contributed by atoms with Gasteiger partial charge in [-0.15, -0.1) is 13.2 Å². The number of hydrogen-bond acceptors (Lipinski definition) is 3. The Labute approximate surface area is 139 Å². The second kappa shape index (κ2) is 7.22. The number of carbonyl (C=O) groups excluding carboxylic acids is 2. The largest absolute Gasteiger partial charge is 0.573 e. The fraction of sp³-hybridized carbons (Fsp3) is 0.0667. The second-order valence-corrected chi connectivity index (χ2v) is 4.87. The lowest BCUT2D eigenvalue weighted by Gasteiger charge is -2.10. The minimum Gasteiger partial charge on any atom is -0.406 e. The summed E-state index contributed by atoms with van der Waals surface area (Å²) in [5.74, 6) is -1.81. The molecule has 0 atom stereocenters. The molecule has 0 aliphatic heterocycles. The second-order valence-electron chi connectivity index (χ2n) is 4.46. The molecular formula is C15H10ClF3N2O3. The zero-order valence-corrected chi connectivity index (χ0v) is 12.6. The van der Waals surface area contributed by atoms with Crippen LogP contribution in [0.5, 0.6) is 5.75 Å². The maximum absolute atomic E-state index is 12.0. The number of amides is 2. The van der Waals surface area contributed by atoms with Crippen molar-refractivity contribution in [3.63, 3.8) is 0 Å². The molecule has 5 nitrogen and oxygen atoms in total. The SMILES string of the molecule is O=C(NNC(=O)c1ccccc1Cl)c1ccc(OC(F)(F)F)cc1. The number of alkyl halides is 3. The lowest BCUT2D eigenvalue weighted by atomic mass is 10.2. The molecule has 9 heteroatoms. The fourth-order valence-electron chi connectivity index (χ4n) is 1.71. The quantitative estimate of drug-likeness (QED) is 0.827. The first-order valence-corrected chi connectivity index (χ1v) is 6.85. The molecule has 0 radical (unpaired) electrons. The maximum atomic E-state index is 12.0. The van der Waals surface area contributed by atoms with Gasteiger partial charge in [-0.05, 0) is 36.4 Å². The highest BCUT2D eigenvalue weighted by molar-refractivity contribution is 6.33. The number of rotatable bonds is 3. The third kappa shape index (κ3) is 4.88. The molecule has 2 aromatic carbocycles. The topological polar surface area (TPSA) is 67.4 Å². The summed E-state index contributed by atoms with van der Waals surface area (Å²) in [6, 6.07) is 10.4. The lowest BCUT2D eigenvalue weighted by Crippen LogP contribution is -2.41. The summed E-state index contributed by atoms with van der Waals surface area (Å²) in [7, 11) is 0. The van der Waals surface area contributed by atoms with Gasteiger partial charge in [-0.2, -0.15) is 0 Å². The van der Waals surface area contributed by atoms with E-state index >= 15 is 0 Å². The first kappa shape index (κ1) is 17.6. The molecule has 2 amide bonds. The molecule has 0 aromatic heterocycles. The Morgan fingerprint density at radius 1 is 0.917 bits per heavy atom. The van der Waals surface area contributed by atoms with E-state index in [2.05, 4.69) is 15.6 Å². The van der Waals surface area contributed by atoms with Gasteiger partial charge in [0.1, 0.15) is 5.75 Å². The Bertz CT molecular complexity index is 748. The molecule has 0 unspecified atom stereocenters. The monoisotopic (exact) mass is 358 g/mol. The molecule has 0 fully saturated rings. The lowest BCUT2D eigenvalue weighted by molar-refractivity contribution is -0.274. The normalized spacial score (nSPS) is 10.8. The number of nitrogens with one attached hydrogen (secondary N) is 2. The molecule has 24 heavy (non-hydrogen) atoms. The van der Waals surface area contributed by atoms with Crippen LogP contribution in [-0.2, 0) is 0 Å². The van der Waals surface area contributed by atoms with Gasteiger partial charge >= 0.3 is 6.36 Å². The summed E-state index contributed by atoms with van der Waals surface area (Å²) >= 11 is 5.84. The number of ether oxygens (including phenoxy) is 1. The maximum Gasteiger partial charge on any atom is 0.573 e. The van der Waals surface area contributed by atoms with Crippen LogP contribution in [0.3, 0.4) is 0 Å². The third-order valence-corrected chi connectivity index (χ3v) is 3.09. The van der Waals surface area contributed by atoms with Crippen molar-refractivity contribution in [3.8, 4) is 5.75 Å². The Balaban J connectivity index is 1.95. The predicted molar refractivity (Wildman–Crippen MR) is 79.5 cm³/mol. The Morgan fingerprint density at radius 2 is 1.50 bits per heavy atom. The summed E-state index contributed by atoms with van der Waals surface area (Å²) in [6.07, 6.45) is -4.81. The van der Waals surface area contributed by atoms with Gasteiger partial charge in [0.15, 0.2) is 0 Å². The van der Waals surface area contributed by atoms with Crippen LogP contribution in [-0.4, -0.2) is 18.2 Å². The first-order valence-electron chi connectivity index (χ1n) is 6.47. The number of benzene rings is 2. The number of hydrogen-bond donors (Lipinski definition) is 2. The van der Waals surface area contributed by atoms with Crippen molar-refractivity contribution in [1.29, 1.82) is 0 Å². The highest BCUT2D eigenvalue weighted by Crippen LogP contribution is 2.22. The van der Waals surface area contributed by atoms with Crippen LogP contribution < -0.4 is 15.6 Å². The molecule has 0 heterocycles. The zero-order chi connectivity index (χ0) is 17.7. The van der Waals surface area contributed by atoms with Gasteiger partial charge in [0.2, 0.25) is 0 Å². The van der Waals surface area contributed by atoms with Crippen LogP contribution in [0.2, 0.25) is 5.02 Å². The molecule has 0 bridgehead atoms. The predicted octanol–water partition coefficient (Wildman–Crippen LogP) is 3.31. The van der Waals surface area contributed by atoms with Gasteiger partial charge in [0, 0.05) is 5.56 Å². The van der Waals surface area contributed by atoms with Crippen molar-refractivity contribution < 1.29 is 27.5 Å². The van der Waals surface area contributed by atoms with Gasteiger partial charge in [0.05, 0.1) is 10.6 Å². The van der Waals surface area contributed by atoms with Crippen LogP contribution in [0.4, 0.5) is 13.2 Å². The van der Waals surface area contributed by atoms with E-state index in [0.717, 1.165) is 24.3 Å². The Kier molecular flexibility index (Phi) is 5.30. The van der Waals surface area contributed by atoms with E-state index in [1.165, 1.54) is 12.1 Å². The molecular weight excluding hydrogens is 349 g/mol. The number of halogens is 4. The summed E-state index contributed by atoms with van der Waals surface area (Å²) in [6.45, 7) is 0. The molecule has 0 saturated heterocycles. The van der Waals surface area contributed by atoms with E-state index in [-0.39, 0.29) is 16.1 Å². The highest BCUT2D eigenvalue weighted by atomic mass is 35.5. The summed E-state index contributed by atoms with van der Waals surface area (Å²) in [4.78, 5) is 23.7. The standard InChI is InChI=1S/C15H10ClF3N2O3/c16-12-4-2-1-3-11(12)14(23)21-20-13(22)9-5-7-10(8-6-9)24-15(17,18)19/h1-8H,(H,20,22)(H,21,23). The molecule has 2 rings (SSSR count). The summed E-state index contributed by atoms with van der Waals surface area (Å²) in [5.41, 5.74) is 4.48.